The first kappa shape index (κ1) is 20.2. The van der Waals surface area contributed by atoms with E-state index in [9.17, 15) is 9.59 Å². The molecular weight excluding hydrogens is 354 g/mol. The van der Waals surface area contributed by atoms with Crippen molar-refractivity contribution in [3.05, 3.63) is 52.9 Å². The normalized spacial score (nSPS) is 23.5. The van der Waals surface area contributed by atoms with Gasteiger partial charge in [-0.05, 0) is 43.9 Å². The SMILES string of the molecule is CCOC(=O)C1=C(C)NC2=CC(C)(C)CC(=O)C2C1c1ccc(OCC)cc1. The summed E-state index contributed by atoms with van der Waals surface area (Å²) in [6.07, 6.45) is 2.58. The second-order valence-corrected chi connectivity index (χ2v) is 8.07. The third-order valence-corrected chi connectivity index (χ3v) is 5.28. The number of fused-ring (bicyclic) bond motifs is 1. The number of nitrogens with one attached hydrogen (secondary N) is 1. The van der Waals surface area contributed by atoms with Gasteiger partial charge in [0.15, 0.2) is 0 Å². The summed E-state index contributed by atoms with van der Waals surface area (Å²) in [5, 5.41) is 3.32. The molecule has 1 aliphatic heterocycles. The molecule has 5 nitrogen and oxygen atoms in total. The summed E-state index contributed by atoms with van der Waals surface area (Å²) in [5.41, 5.74) is 2.86. The number of benzene rings is 1. The molecule has 1 heterocycles. The molecular formula is C23H29NO4. The van der Waals surface area contributed by atoms with Crippen molar-refractivity contribution in [3.63, 3.8) is 0 Å². The van der Waals surface area contributed by atoms with Gasteiger partial charge in [-0.1, -0.05) is 32.1 Å². The fourth-order valence-electron chi connectivity index (χ4n) is 4.24. The van der Waals surface area contributed by atoms with Crippen molar-refractivity contribution in [2.24, 2.45) is 11.3 Å². The van der Waals surface area contributed by atoms with Gasteiger partial charge >= 0.3 is 5.97 Å². The van der Waals surface area contributed by atoms with E-state index in [2.05, 4.69) is 25.2 Å². The maximum absolute atomic E-state index is 13.1. The Morgan fingerprint density at radius 3 is 2.43 bits per heavy atom. The number of rotatable bonds is 5. The molecule has 0 bridgehead atoms. The van der Waals surface area contributed by atoms with E-state index in [1.165, 1.54) is 0 Å². The lowest BCUT2D eigenvalue weighted by atomic mass is 9.66. The number of hydrogen-bond acceptors (Lipinski definition) is 5. The second-order valence-electron chi connectivity index (χ2n) is 8.07. The van der Waals surface area contributed by atoms with Crippen LogP contribution >= 0.6 is 0 Å². The maximum atomic E-state index is 13.1. The molecule has 3 rings (SSSR count). The minimum atomic E-state index is -0.408. The molecule has 5 heteroatoms. The molecule has 0 saturated carbocycles. The lowest BCUT2D eigenvalue weighted by Gasteiger charge is -2.41. The van der Waals surface area contributed by atoms with E-state index >= 15 is 0 Å². The molecule has 0 spiro atoms. The van der Waals surface area contributed by atoms with Gasteiger partial charge in [0.1, 0.15) is 11.5 Å². The van der Waals surface area contributed by atoms with Crippen molar-refractivity contribution in [2.45, 2.75) is 47.0 Å². The highest BCUT2D eigenvalue weighted by Gasteiger charge is 2.46. The van der Waals surface area contributed by atoms with Crippen molar-refractivity contribution in [3.8, 4) is 5.75 Å². The van der Waals surface area contributed by atoms with Crippen LogP contribution in [0.3, 0.4) is 0 Å². The predicted molar refractivity (Wildman–Crippen MR) is 108 cm³/mol. The zero-order chi connectivity index (χ0) is 20.5. The molecule has 1 aliphatic carbocycles. The molecule has 0 saturated heterocycles. The molecule has 0 fully saturated rings. The summed E-state index contributed by atoms with van der Waals surface area (Å²) in [4.78, 5) is 25.9. The quantitative estimate of drug-likeness (QED) is 0.775. The van der Waals surface area contributed by atoms with Gasteiger partial charge in [0.25, 0.3) is 0 Å². The topological polar surface area (TPSA) is 64.6 Å². The van der Waals surface area contributed by atoms with Gasteiger partial charge in [-0.25, -0.2) is 4.79 Å². The van der Waals surface area contributed by atoms with E-state index in [0.29, 0.717) is 25.2 Å². The van der Waals surface area contributed by atoms with Crippen molar-refractivity contribution in [1.82, 2.24) is 5.32 Å². The summed E-state index contributed by atoms with van der Waals surface area (Å²) < 4.78 is 10.9. The van der Waals surface area contributed by atoms with Crippen molar-refractivity contribution in [1.29, 1.82) is 0 Å². The largest absolute Gasteiger partial charge is 0.494 e. The Morgan fingerprint density at radius 2 is 1.82 bits per heavy atom. The van der Waals surface area contributed by atoms with Gasteiger partial charge in [0, 0.05) is 23.7 Å². The highest BCUT2D eigenvalue weighted by Crippen LogP contribution is 2.47. The maximum Gasteiger partial charge on any atom is 0.336 e. The molecule has 2 atom stereocenters. The van der Waals surface area contributed by atoms with Crippen molar-refractivity contribution >= 4 is 11.8 Å². The van der Waals surface area contributed by atoms with Gasteiger partial charge in [-0.15, -0.1) is 0 Å². The summed E-state index contributed by atoms with van der Waals surface area (Å²) in [7, 11) is 0. The fraction of sp³-hybridized carbons (Fsp3) is 0.478. The average molecular weight is 383 g/mol. The standard InChI is InChI=1S/C23H29NO4/c1-6-27-16-10-8-15(9-11-16)20-19(22(26)28-7-2)14(3)24-17-12-23(4,5)13-18(25)21(17)20/h8-12,20-21,24H,6-7,13H2,1-5H3. The molecule has 0 radical (unpaired) electrons. The van der Waals surface area contributed by atoms with Gasteiger partial charge in [0.2, 0.25) is 0 Å². The highest BCUT2D eigenvalue weighted by molar-refractivity contribution is 5.96. The van der Waals surface area contributed by atoms with E-state index in [4.69, 9.17) is 9.47 Å². The Morgan fingerprint density at radius 1 is 1.14 bits per heavy atom. The number of carbonyl (C=O) groups is 2. The van der Waals surface area contributed by atoms with Crippen LogP contribution in [0.5, 0.6) is 5.75 Å². The van der Waals surface area contributed by atoms with Crippen LogP contribution in [0.25, 0.3) is 0 Å². The van der Waals surface area contributed by atoms with Gasteiger partial charge < -0.3 is 14.8 Å². The van der Waals surface area contributed by atoms with Crippen LogP contribution in [0.15, 0.2) is 47.3 Å². The number of esters is 1. The summed E-state index contributed by atoms with van der Waals surface area (Å²) >= 11 is 0. The second kappa shape index (κ2) is 7.82. The fourth-order valence-corrected chi connectivity index (χ4v) is 4.24. The molecule has 1 aromatic rings. The number of ether oxygens (including phenoxy) is 2. The summed E-state index contributed by atoms with van der Waals surface area (Å²) in [6.45, 7) is 10.6. The first-order valence-corrected chi connectivity index (χ1v) is 9.90. The Hall–Kier alpha value is -2.56. The monoisotopic (exact) mass is 383 g/mol. The number of ketones is 1. The minimum Gasteiger partial charge on any atom is -0.494 e. The third kappa shape index (κ3) is 3.84. The van der Waals surface area contributed by atoms with E-state index in [1.807, 2.05) is 38.1 Å². The molecule has 1 aromatic carbocycles. The predicted octanol–water partition coefficient (Wildman–Crippen LogP) is 4.11. The van der Waals surface area contributed by atoms with Crippen LogP contribution in [-0.4, -0.2) is 25.0 Å². The van der Waals surface area contributed by atoms with Gasteiger partial charge in [0.05, 0.1) is 24.7 Å². The Labute approximate surface area is 166 Å². The van der Waals surface area contributed by atoms with Crippen LogP contribution in [0.2, 0.25) is 0 Å². The molecule has 28 heavy (non-hydrogen) atoms. The van der Waals surface area contributed by atoms with Crippen LogP contribution < -0.4 is 10.1 Å². The van der Waals surface area contributed by atoms with Crippen LogP contribution in [0, 0.1) is 11.3 Å². The third-order valence-electron chi connectivity index (χ3n) is 5.28. The zero-order valence-corrected chi connectivity index (χ0v) is 17.3. The molecule has 2 aliphatic rings. The van der Waals surface area contributed by atoms with E-state index in [-0.39, 0.29) is 23.1 Å². The number of carbonyl (C=O) groups excluding carboxylic acids is 2. The van der Waals surface area contributed by atoms with Crippen molar-refractivity contribution < 1.29 is 19.1 Å². The van der Waals surface area contributed by atoms with E-state index in [0.717, 1.165) is 22.7 Å². The van der Waals surface area contributed by atoms with Crippen LogP contribution in [0.4, 0.5) is 0 Å². The summed E-state index contributed by atoms with van der Waals surface area (Å²) in [6, 6.07) is 7.66. The number of allylic oxidation sites excluding steroid dienone is 3. The Bertz CT molecular complexity index is 833. The lowest BCUT2D eigenvalue weighted by molar-refractivity contribution is -0.139. The Kier molecular flexibility index (Phi) is 5.64. The lowest BCUT2D eigenvalue weighted by Crippen LogP contribution is -2.43. The first-order valence-electron chi connectivity index (χ1n) is 9.90. The molecule has 150 valence electrons. The number of hydrogen-bond donors (Lipinski definition) is 1. The smallest absolute Gasteiger partial charge is 0.336 e. The van der Waals surface area contributed by atoms with Gasteiger partial charge in [-0.2, -0.15) is 0 Å². The Balaban J connectivity index is 2.13. The molecule has 0 amide bonds. The van der Waals surface area contributed by atoms with Crippen molar-refractivity contribution in [2.75, 3.05) is 13.2 Å². The first-order chi connectivity index (χ1) is 13.3. The van der Waals surface area contributed by atoms with Crippen LogP contribution in [0.1, 0.15) is 52.5 Å². The van der Waals surface area contributed by atoms with Crippen LogP contribution in [-0.2, 0) is 14.3 Å². The highest BCUT2D eigenvalue weighted by atomic mass is 16.5. The molecule has 0 aromatic heterocycles. The molecule has 2 unspecified atom stereocenters. The summed E-state index contributed by atoms with van der Waals surface area (Å²) in [5.74, 6) is -0.239. The molecule has 1 N–H and O–H groups in total. The number of Topliss-reactive ketones (excluding diaryl/α,β-unsaturated/α-hetero) is 1. The average Bonchev–Trinajstić information content (AvgIpc) is 2.60. The van der Waals surface area contributed by atoms with E-state index in [1.54, 1.807) is 6.92 Å². The minimum absolute atomic E-state index is 0.142. The van der Waals surface area contributed by atoms with Gasteiger partial charge in [-0.3, -0.25) is 4.79 Å². The zero-order valence-electron chi connectivity index (χ0n) is 17.3. The van der Waals surface area contributed by atoms with E-state index < -0.39 is 5.92 Å².